The minimum atomic E-state index is -0.750. The molecule has 0 atom stereocenters. The first-order valence-corrected chi connectivity index (χ1v) is 9.60. The van der Waals surface area contributed by atoms with Crippen LogP contribution in [0.5, 0.6) is 28.9 Å². The number of aromatic nitrogens is 1. The number of ether oxygens (including phenoxy) is 4. The van der Waals surface area contributed by atoms with Gasteiger partial charge in [-0.05, 0) is 24.3 Å². The number of pyridine rings is 1. The lowest BCUT2D eigenvalue weighted by Gasteiger charge is -2.12. The molecule has 3 aromatic rings. The SMILES string of the molecule is NC(=O)COc1ccc(CNC(=O)c2cc(F)cnc2Oc2ccc3c(c2)OCO3)c(F)c1. The first-order valence-electron chi connectivity index (χ1n) is 9.60. The Morgan fingerprint density at radius 3 is 2.64 bits per heavy atom. The lowest BCUT2D eigenvalue weighted by Crippen LogP contribution is -2.24. The van der Waals surface area contributed by atoms with E-state index in [-0.39, 0.29) is 36.1 Å². The second-order valence-electron chi connectivity index (χ2n) is 6.81. The number of nitrogens with two attached hydrogens (primary N) is 1. The summed E-state index contributed by atoms with van der Waals surface area (Å²) in [5.41, 5.74) is 4.93. The van der Waals surface area contributed by atoms with Crippen LogP contribution in [0, 0.1) is 11.6 Å². The molecule has 2 heterocycles. The summed E-state index contributed by atoms with van der Waals surface area (Å²) in [5.74, 6) is -1.60. The molecule has 3 N–H and O–H groups in total. The Hall–Kier alpha value is -4.41. The average Bonchev–Trinajstić information content (AvgIpc) is 3.26. The Labute approximate surface area is 186 Å². The number of benzene rings is 2. The highest BCUT2D eigenvalue weighted by Crippen LogP contribution is 2.36. The van der Waals surface area contributed by atoms with E-state index in [1.54, 1.807) is 18.2 Å². The van der Waals surface area contributed by atoms with E-state index >= 15 is 0 Å². The lowest BCUT2D eigenvalue weighted by molar-refractivity contribution is -0.119. The van der Waals surface area contributed by atoms with Crippen molar-refractivity contribution >= 4 is 11.8 Å². The number of hydrogen-bond acceptors (Lipinski definition) is 7. The third-order valence-corrected chi connectivity index (χ3v) is 4.47. The monoisotopic (exact) mass is 457 g/mol. The molecule has 1 aliphatic rings. The van der Waals surface area contributed by atoms with Gasteiger partial charge in [-0.2, -0.15) is 0 Å². The molecule has 170 valence electrons. The number of carbonyl (C=O) groups excluding carboxylic acids is 2. The van der Waals surface area contributed by atoms with Gasteiger partial charge in [-0.25, -0.2) is 13.8 Å². The summed E-state index contributed by atoms with van der Waals surface area (Å²) in [6, 6.07) is 9.57. The summed E-state index contributed by atoms with van der Waals surface area (Å²) in [7, 11) is 0. The van der Waals surface area contributed by atoms with Crippen LogP contribution in [0.3, 0.4) is 0 Å². The number of nitrogens with zero attached hydrogens (tertiary/aromatic N) is 1. The van der Waals surface area contributed by atoms with Gasteiger partial charge in [0.15, 0.2) is 18.1 Å². The van der Waals surface area contributed by atoms with E-state index in [1.165, 1.54) is 12.1 Å². The molecule has 0 aliphatic carbocycles. The van der Waals surface area contributed by atoms with Crippen molar-refractivity contribution in [3.8, 4) is 28.9 Å². The summed E-state index contributed by atoms with van der Waals surface area (Å²) < 4.78 is 49.3. The fraction of sp³-hybridized carbons (Fsp3) is 0.136. The van der Waals surface area contributed by atoms with Crippen molar-refractivity contribution in [3.63, 3.8) is 0 Å². The van der Waals surface area contributed by atoms with Gasteiger partial charge in [0, 0.05) is 24.2 Å². The molecule has 1 aliphatic heterocycles. The average molecular weight is 457 g/mol. The van der Waals surface area contributed by atoms with Crippen molar-refractivity contribution in [1.29, 1.82) is 0 Å². The zero-order valence-corrected chi connectivity index (χ0v) is 17.0. The maximum Gasteiger partial charge on any atom is 0.257 e. The normalized spacial score (nSPS) is 11.7. The smallest absolute Gasteiger partial charge is 0.257 e. The van der Waals surface area contributed by atoms with Gasteiger partial charge >= 0.3 is 0 Å². The third kappa shape index (κ3) is 5.26. The molecule has 11 heteroatoms. The van der Waals surface area contributed by atoms with Crippen LogP contribution in [0.1, 0.15) is 15.9 Å². The number of primary amides is 1. The van der Waals surface area contributed by atoms with E-state index in [0.29, 0.717) is 17.2 Å². The Balaban J connectivity index is 1.46. The quantitative estimate of drug-likeness (QED) is 0.533. The van der Waals surface area contributed by atoms with Crippen molar-refractivity contribution < 1.29 is 37.3 Å². The third-order valence-electron chi connectivity index (χ3n) is 4.47. The fourth-order valence-electron chi connectivity index (χ4n) is 2.91. The predicted molar refractivity (Wildman–Crippen MR) is 109 cm³/mol. The number of nitrogens with one attached hydrogen (secondary N) is 1. The van der Waals surface area contributed by atoms with Crippen LogP contribution in [0.15, 0.2) is 48.7 Å². The van der Waals surface area contributed by atoms with Crippen LogP contribution in [0.4, 0.5) is 8.78 Å². The molecule has 2 amide bonds. The summed E-state index contributed by atoms with van der Waals surface area (Å²) in [4.78, 5) is 27.3. The van der Waals surface area contributed by atoms with E-state index < -0.39 is 30.1 Å². The first kappa shape index (κ1) is 21.8. The molecule has 0 unspecified atom stereocenters. The maximum absolute atomic E-state index is 14.3. The Bertz CT molecular complexity index is 1220. The van der Waals surface area contributed by atoms with Crippen molar-refractivity contribution in [2.75, 3.05) is 13.4 Å². The van der Waals surface area contributed by atoms with Crippen LogP contribution in [0.25, 0.3) is 0 Å². The highest BCUT2D eigenvalue weighted by atomic mass is 19.1. The molecular weight excluding hydrogens is 440 g/mol. The van der Waals surface area contributed by atoms with Gasteiger partial charge in [-0.15, -0.1) is 0 Å². The van der Waals surface area contributed by atoms with Crippen LogP contribution >= 0.6 is 0 Å². The molecule has 0 fully saturated rings. The van der Waals surface area contributed by atoms with E-state index in [1.807, 2.05) is 0 Å². The van der Waals surface area contributed by atoms with Crippen molar-refractivity contribution in [3.05, 3.63) is 71.4 Å². The van der Waals surface area contributed by atoms with Crippen LogP contribution in [-0.2, 0) is 11.3 Å². The van der Waals surface area contributed by atoms with Gasteiger partial charge in [-0.3, -0.25) is 9.59 Å². The molecule has 0 saturated carbocycles. The highest BCUT2D eigenvalue weighted by Gasteiger charge is 2.19. The largest absolute Gasteiger partial charge is 0.484 e. The van der Waals surface area contributed by atoms with Gasteiger partial charge in [-0.1, -0.05) is 6.07 Å². The Morgan fingerprint density at radius 1 is 1.06 bits per heavy atom. The number of fused-ring (bicyclic) bond motifs is 1. The van der Waals surface area contributed by atoms with E-state index in [0.717, 1.165) is 18.3 Å². The predicted octanol–water partition coefficient (Wildman–Crippen LogP) is 2.67. The zero-order chi connectivity index (χ0) is 23.4. The second-order valence-corrected chi connectivity index (χ2v) is 6.81. The highest BCUT2D eigenvalue weighted by molar-refractivity contribution is 5.96. The van der Waals surface area contributed by atoms with Gasteiger partial charge in [0.2, 0.25) is 12.7 Å². The number of carbonyl (C=O) groups is 2. The van der Waals surface area contributed by atoms with Gasteiger partial charge < -0.3 is 30.0 Å². The fourth-order valence-corrected chi connectivity index (χ4v) is 2.91. The topological polar surface area (TPSA) is 122 Å². The number of hydrogen-bond donors (Lipinski definition) is 2. The number of halogens is 2. The standard InChI is InChI=1S/C22H17F2N3O6/c23-13-5-16(22(27-9-13)33-15-3-4-18-19(7-15)32-11-31-18)21(29)26-8-12-1-2-14(6-17(12)24)30-10-20(25)28/h1-7,9H,8,10-11H2,(H2,25,28)(H,26,29). The molecule has 1 aromatic heterocycles. The number of rotatable bonds is 8. The summed E-state index contributed by atoms with van der Waals surface area (Å²) in [6.07, 6.45) is 0.906. The van der Waals surface area contributed by atoms with E-state index in [2.05, 4.69) is 10.3 Å². The summed E-state index contributed by atoms with van der Waals surface area (Å²) in [6.45, 7) is -0.523. The van der Waals surface area contributed by atoms with Crippen molar-refractivity contribution in [1.82, 2.24) is 10.3 Å². The van der Waals surface area contributed by atoms with Crippen LogP contribution in [0.2, 0.25) is 0 Å². The van der Waals surface area contributed by atoms with Crippen LogP contribution in [-0.4, -0.2) is 30.2 Å². The van der Waals surface area contributed by atoms with E-state index in [4.69, 9.17) is 24.7 Å². The lowest BCUT2D eigenvalue weighted by atomic mass is 10.2. The Morgan fingerprint density at radius 2 is 1.85 bits per heavy atom. The first-order chi connectivity index (χ1) is 15.9. The minimum Gasteiger partial charge on any atom is -0.484 e. The second kappa shape index (κ2) is 9.39. The summed E-state index contributed by atoms with van der Waals surface area (Å²) >= 11 is 0. The minimum absolute atomic E-state index is 0.0794. The maximum atomic E-state index is 14.3. The van der Waals surface area contributed by atoms with Crippen molar-refractivity contribution in [2.45, 2.75) is 6.54 Å². The molecule has 0 radical (unpaired) electrons. The molecule has 9 nitrogen and oxygen atoms in total. The van der Waals surface area contributed by atoms with Gasteiger partial charge in [0.05, 0.1) is 6.20 Å². The molecule has 0 spiro atoms. The molecule has 0 saturated heterocycles. The molecule has 2 aromatic carbocycles. The van der Waals surface area contributed by atoms with Crippen LogP contribution < -0.4 is 30.0 Å². The summed E-state index contributed by atoms with van der Waals surface area (Å²) in [5, 5.41) is 2.50. The molecule has 4 rings (SSSR count). The van der Waals surface area contributed by atoms with Crippen molar-refractivity contribution in [2.24, 2.45) is 5.73 Å². The Kier molecular flexibility index (Phi) is 6.20. The zero-order valence-electron chi connectivity index (χ0n) is 17.0. The number of amides is 2. The molecule has 33 heavy (non-hydrogen) atoms. The molecule has 0 bridgehead atoms. The van der Waals surface area contributed by atoms with Gasteiger partial charge in [0.25, 0.3) is 11.8 Å². The molecular formula is C22H17F2N3O6. The van der Waals surface area contributed by atoms with E-state index in [9.17, 15) is 18.4 Å². The van der Waals surface area contributed by atoms with Gasteiger partial charge in [0.1, 0.15) is 28.7 Å².